The van der Waals surface area contributed by atoms with Crippen molar-refractivity contribution in [3.05, 3.63) is 17.7 Å². The summed E-state index contributed by atoms with van der Waals surface area (Å²) in [5, 5.41) is 6.85. The highest BCUT2D eigenvalue weighted by atomic mass is 16.5. The molecule has 1 heterocycles. The number of hydrogen-bond donors (Lipinski definition) is 1. The van der Waals surface area contributed by atoms with E-state index in [4.69, 9.17) is 14.2 Å². The maximum absolute atomic E-state index is 5.29. The fourth-order valence-corrected chi connectivity index (χ4v) is 1.80. The molecule has 19 heavy (non-hydrogen) atoms. The summed E-state index contributed by atoms with van der Waals surface area (Å²) in [4.78, 5) is 4.28. The summed E-state index contributed by atoms with van der Waals surface area (Å²) in [6.07, 6.45) is 0. The lowest BCUT2D eigenvalue weighted by molar-refractivity contribution is 0.314. The first-order valence-electron chi connectivity index (χ1n) is 5.97. The third-order valence-electron chi connectivity index (χ3n) is 2.72. The van der Waals surface area contributed by atoms with Gasteiger partial charge in [0.15, 0.2) is 17.3 Å². The minimum Gasteiger partial charge on any atom is -0.493 e. The fraction of sp³-hybridized carbons (Fsp3) is 0.385. The molecule has 102 valence electrons. The van der Waals surface area contributed by atoms with Crippen LogP contribution in [0.5, 0.6) is 17.5 Å². The van der Waals surface area contributed by atoms with Gasteiger partial charge in [0, 0.05) is 5.56 Å². The Bertz CT molecular complexity index is 566. The average molecular weight is 263 g/mol. The lowest BCUT2D eigenvalue weighted by atomic mass is 10.1. The molecule has 2 aromatic rings. The maximum Gasteiger partial charge on any atom is 0.335 e. The Morgan fingerprint density at radius 1 is 1.16 bits per heavy atom. The van der Waals surface area contributed by atoms with Crippen LogP contribution in [-0.4, -0.2) is 36.0 Å². The third kappa shape index (κ3) is 2.62. The van der Waals surface area contributed by atoms with Gasteiger partial charge in [0.25, 0.3) is 0 Å². The van der Waals surface area contributed by atoms with Crippen molar-refractivity contribution in [2.45, 2.75) is 13.8 Å². The molecule has 0 bridgehead atoms. The van der Waals surface area contributed by atoms with E-state index in [1.54, 1.807) is 14.2 Å². The molecule has 0 spiro atoms. The van der Waals surface area contributed by atoms with Gasteiger partial charge in [0.1, 0.15) is 0 Å². The second kappa shape index (κ2) is 5.60. The number of ether oxygens (including phenoxy) is 3. The van der Waals surface area contributed by atoms with Crippen LogP contribution in [-0.2, 0) is 0 Å². The van der Waals surface area contributed by atoms with Crippen molar-refractivity contribution in [1.82, 2.24) is 15.2 Å². The second-order valence-corrected chi connectivity index (χ2v) is 3.92. The number of nitrogens with one attached hydrogen (secondary N) is 1. The number of methoxy groups -OCH3 is 2. The SMILES string of the molecule is CCOc1n[nH]c(-c2cc(OC)c(OC)cc2C)n1. The highest BCUT2D eigenvalue weighted by Crippen LogP contribution is 2.34. The monoisotopic (exact) mass is 263 g/mol. The zero-order valence-corrected chi connectivity index (χ0v) is 11.5. The van der Waals surface area contributed by atoms with Crippen molar-refractivity contribution in [3.63, 3.8) is 0 Å². The van der Waals surface area contributed by atoms with E-state index in [1.807, 2.05) is 26.0 Å². The van der Waals surface area contributed by atoms with E-state index >= 15 is 0 Å². The van der Waals surface area contributed by atoms with Crippen LogP contribution in [0.3, 0.4) is 0 Å². The van der Waals surface area contributed by atoms with Crippen molar-refractivity contribution in [3.8, 4) is 28.9 Å². The molecular weight excluding hydrogens is 246 g/mol. The van der Waals surface area contributed by atoms with E-state index in [0.717, 1.165) is 11.1 Å². The number of aromatic nitrogens is 3. The van der Waals surface area contributed by atoms with Gasteiger partial charge in [0.05, 0.1) is 20.8 Å². The van der Waals surface area contributed by atoms with E-state index < -0.39 is 0 Å². The summed E-state index contributed by atoms with van der Waals surface area (Å²) in [5.74, 6) is 1.98. The first-order valence-corrected chi connectivity index (χ1v) is 5.97. The highest BCUT2D eigenvalue weighted by Gasteiger charge is 2.13. The Kier molecular flexibility index (Phi) is 3.89. The van der Waals surface area contributed by atoms with Crippen LogP contribution in [0.25, 0.3) is 11.4 Å². The Morgan fingerprint density at radius 3 is 2.47 bits per heavy atom. The van der Waals surface area contributed by atoms with Gasteiger partial charge < -0.3 is 14.2 Å². The minimum absolute atomic E-state index is 0.340. The van der Waals surface area contributed by atoms with E-state index in [2.05, 4.69) is 15.2 Å². The summed E-state index contributed by atoms with van der Waals surface area (Å²) >= 11 is 0. The summed E-state index contributed by atoms with van der Waals surface area (Å²) in [6.45, 7) is 4.39. The van der Waals surface area contributed by atoms with Crippen LogP contribution < -0.4 is 14.2 Å². The van der Waals surface area contributed by atoms with E-state index in [-0.39, 0.29) is 0 Å². The van der Waals surface area contributed by atoms with Crippen molar-refractivity contribution < 1.29 is 14.2 Å². The van der Waals surface area contributed by atoms with Gasteiger partial charge in [-0.05, 0) is 31.5 Å². The average Bonchev–Trinajstić information content (AvgIpc) is 2.87. The number of nitrogens with zero attached hydrogens (tertiary/aromatic N) is 2. The molecule has 0 aliphatic rings. The Labute approximate surface area is 111 Å². The van der Waals surface area contributed by atoms with Gasteiger partial charge in [-0.15, -0.1) is 5.10 Å². The first-order chi connectivity index (χ1) is 9.19. The molecular formula is C13H17N3O3. The van der Waals surface area contributed by atoms with Crippen LogP contribution in [0, 0.1) is 6.92 Å². The summed E-state index contributed by atoms with van der Waals surface area (Å²) < 4.78 is 15.8. The first kappa shape index (κ1) is 13.2. The molecule has 1 N–H and O–H groups in total. The lowest BCUT2D eigenvalue weighted by Gasteiger charge is -2.11. The number of aryl methyl sites for hydroxylation is 1. The Hall–Kier alpha value is -2.24. The van der Waals surface area contributed by atoms with Crippen LogP contribution in [0.1, 0.15) is 12.5 Å². The van der Waals surface area contributed by atoms with Crippen molar-refractivity contribution in [2.75, 3.05) is 20.8 Å². The van der Waals surface area contributed by atoms with Crippen LogP contribution in [0.2, 0.25) is 0 Å². The topological polar surface area (TPSA) is 69.3 Å². The van der Waals surface area contributed by atoms with Gasteiger partial charge in [-0.3, -0.25) is 5.10 Å². The van der Waals surface area contributed by atoms with E-state index in [9.17, 15) is 0 Å². The number of rotatable bonds is 5. The predicted octanol–water partition coefficient (Wildman–Crippen LogP) is 2.20. The molecule has 0 fully saturated rings. The molecule has 0 amide bonds. The largest absolute Gasteiger partial charge is 0.493 e. The molecule has 0 aliphatic heterocycles. The van der Waals surface area contributed by atoms with Gasteiger partial charge >= 0.3 is 6.01 Å². The second-order valence-electron chi connectivity index (χ2n) is 3.92. The van der Waals surface area contributed by atoms with Crippen molar-refractivity contribution in [2.24, 2.45) is 0 Å². The Morgan fingerprint density at radius 2 is 1.84 bits per heavy atom. The van der Waals surface area contributed by atoms with Crippen LogP contribution in [0.15, 0.2) is 12.1 Å². The molecule has 6 nitrogen and oxygen atoms in total. The Balaban J connectivity index is 2.42. The van der Waals surface area contributed by atoms with Gasteiger partial charge in [-0.2, -0.15) is 4.98 Å². The van der Waals surface area contributed by atoms with Crippen LogP contribution >= 0.6 is 0 Å². The smallest absolute Gasteiger partial charge is 0.335 e. The summed E-state index contributed by atoms with van der Waals surface area (Å²) in [5.41, 5.74) is 1.91. The third-order valence-corrected chi connectivity index (χ3v) is 2.72. The normalized spacial score (nSPS) is 10.3. The van der Waals surface area contributed by atoms with Gasteiger partial charge in [0.2, 0.25) is 0 Å². The number of benzene rings is 1. The molecule has 0 radical (unpaired) electrons. The van der Waals surface area contributed by atoms with E-state index in [0.29, 0.717) is 29.9 Å². The summed E-state index contributed by atoms with van der Waals surface area (Å²) in [6, 6.07) is 4.10. The fourth-order valence-electron chi connectivity index (χ4n) is 1.80. The molecule has 2 rings (SSSR count). The zero-order valence-electron chi connectivity index (χ0n) is 11.5. The zero-order chi connectivity index (χ0) is 13.8. The minimum atomic E-state index is 0.340. The highest BCUT2D eigenvalue weighted by molar-refractivity contribution is 5.65. The van der Waals surface area contributed by atoms with Crippen molar-refractivity contribution in [1.29, 1.82) is 0 Å². The van der Waals surface area contributed by atoms with Crippen LogP contribution in [0.4, 0.5) is 0 Å². The van der Waals surface area contributed by atoms with E-state index in [1.165, 1.54) is 0 Å². The predicted molar refractivity (Wildman–Crippen MR) is 70.8 cm³/mol. The number of aromatic amines is 1. The quantitative estimate of drug-likeness (QED) is 0.895. The van der Waals surface area contributed by atoms with Crippen molar-refractivity contribution >= 4 is 0 Å². The van der Waals surface area contributed by atoms with Gasteiger partial charge in [-0.25, -0.2) is 0 Å². The van der Waals surface area contributed by atoms with Gasteiger partial charge in [-0.1, -0.05) is 0 Å². The molecule has 0 saturated carbocycles. The molecule has 1 aromatic heterocycles. The molecule has 6 heteroatoms. The molecule has 1 aromatic carbocycles. The maximum atomic E-state index is 5.29. The number of H-pyrrole nitrogens is 1. The molecule has 0 atom stereocenters. The standard InChI is InChI=1S/C13H17N3O3/c1-5-19-13-14-12(15-16-13)9-7-11(18-4)10(17-3)6-8(9)2/h6-7H,5H2,1-4H3,(H,14,15,16). The molecule has 0 saturated heterocycles. The molecule has 0 aliphatic carbocycles. The number of hydrogen-bond acceptors (Lipinski definition) is 5. The molecule has 0 unspecified atom stereocenters. The lowest BCUT2D eigenvalue weighted by Crippen LogP contribution is -1.94. The summed E-state index contributed by atoms with van der Waals surface area (Å²) in [7, 11) is 3.21.